The molecular weight excluding hydrogens is 356 g/mol. The van der Waals surface area contributed by atoms with Gasteiger partial charge in [0.1, 0.15) is 10.7 Å². The Morgan fingerprint density at radius 2 is 1.85 bits per heavy atom. The van der Waals surface area contributed by atoms with Crippen molar-refractivity contribution >= 4 is 22.9 Å². The number of anilines is 1. The molecule has 0 atom stereocenters. The van der Waals surface area contributed by atoms with Crippen molar-refractivity contribution < 1.29 is 4.79 Å². The van der Waals surface area contributed by atoms with E-state index in [2.05, 4.69) is 46.9 Å². The lowest BCUT2D eigenvalue weighted by molar-refractivity contribution is 0.0742. The van der Waals surface area contributed by atoms with Gasteiger partial charge in [-0.05, 0) is 43.2 Å². The summed E-state index contributed by atoms with van der Waals surface area (Å²) in [4.78, 5) is 25.9. The molecule has 0 unspecified atom stereocenters. The van der Waals surface area contributed by atoms with Gasteiger partial charge in [-0.3, -0.25) is 9.78 Å². The van der Waals surface area contributed by atoms with E-state index in [9.17, 15) is 4.79 Å². The highest BCUT2D eigenvalue weighted by atomic mass is 32.1. The molecule has 27 heavy (non-hydrogen) atoms. The molecule has 1 fully saturated rings. The number of amides is 1. The van der Waals surface area contributed by atoms with Gasteiger partial charge in [-0.15, -0.1) is 11.3 Å². The van der Waals surface area contributed by atoms with Crippen LogP contribution in [-0.4, -0.2) is 47.0 Å². The molecular formula is C21H22N4OS. The number of pyridine rings is 1. The second-order valence-electron chi connectivity index (χ2n) is 6.75. The van der Waals surface area contributed by atoms with E-state index in [0.717, 1.165) is 23.8 Å². The van der Waals surface area contributed by atoms with Gasteiger partial charge in [0.05, 0.1) is 5.69 Å². The van der Waals surface area contributed by atoms with Crippen molar-refractivity contribution in [2.45, 2.75) is 13.8 Å². The van der Waals surface area contributed by atoms with E-state index in [-0.39, 0.29) is 5.91 Å². The molecule has 0 saturated carbocycles. The quantitative estimate of drug-likeness (QED) is 0.696. The van der Waals surface area contributed by atoms with Gasteiger partial charge < -0.3 is 9.80 Å². The Morgan fingerprint density at radius 3 is 2.59 bits per heavy atom. The number of hydrogen-bond acceptors (Lipinski definition) is 5. The Labute approximate surface area is 163 Å². The number of piperazine rings is 1. The molecule has 138 valence electrons. The molecule has 1 saturated heterocycles. The second-order valence-corrected chi connectivity index (χ2v) is 7.61. The molecule has 1 amide bonds. The van der Waals surface area contributed by atoms with Crippen molar-refractivity contribution in [1.82, 2.24) is 14.9 Å². The van der Waals surface area contributed by atoms with Crippen molar-refractivity contribution in [3.63, 3.8) is 0 Å². The van der Waals surface area contributed by atoms with Crippen molar-refractivity contribution in [2.75, 3.05) is 31.1 Å². The Hall–Kier alpha value is -2.73. The number of nitrogens with zero attached hydrogens (tertiary/aromatic N) is 4. The number of aromatic nitrogens is 2. The van der Waals surface area contributed by atoms with Crippen LogP contribution in [0.2, 0.25) is 0 Å². The first-order chi connectivity index (χ1) is 13.1. The van der Waals surface area contributed by atoms with E-state index in [0.29, 0.717) is 18.8 Å². The predicted octanol–water partition coefficient (Wildman–Crippen LogP) is 3.78. The highest BCUT2D eigenvalue weighted by molar-refractivity contribution is 7.13. The van der Waals surface area contributed by atoms with E-state index in [1.807, 2.05) is 28.5 Å². The summed E-state index contributed by atoms with van der Waals surface area (Å²) in [6, 6.07) is 12.1. The van der Waals surface area contributed by atoms with Gasteiger partial charge in [-0.1, -0.05) is 18.2 Å². The van der Waals surface area contributed by atoms with Gasteiger partial charge >= 0.3 is 0 Å². The third-order valence-electron chi connectivity index (χ3n) is 5.09. The number of benzene rings is 1. The van der Waals surface area contributed by atoms with Gasteiger partial charge in [0, 0.05) is 43.4 Å². The summed E-state index contributed by atoms with van der Waals surface area (Å²) < 4.78 is 0. The number of thiazole rings is 1. The Morgan fingerprint density at radius 1 is 1.04 bits per heavy atom. The molecule has 3 aromatic rings. The topological polar surface area (TPSA) is 49.3 Å². The van der Waals surface area contributed by atoms with E-state index in [4.69, 9.17) is 0 Å². The zero-order chi connectivity index (χ0) is 18.8. The highest BCUT2D eigenvalue weighted by Gasteiger charge is 2.25. The van der Waals surface area contributed by atoms with E-state index in [1.54, 1.807) is 6.20 Å². The molecule has 4 rings (SSSR count). The maximum atomic E-state index is 12.8. The summed E-state index contributed by atoms with van der Waals surface area (Å²) in [7, 11) is 0. The summed E-state index contributed by atoms with van der Waals surface area (Å²) in [5.74, 6) is 0.00838. The van der Waals surface area contributed by atoms with Crippen LogP contribution in [0.15, 0.2) is 48.0 Å². The fraction of sp³-hybridized carbons (Fsp3) is 0.286. The molecule has 0 radical (unpaired) electrons. The summed E-state index contributed by atoms with van der Waals surface area (Å²) in [6.07, 6.45) is 1.74. The monoisotopic (exact) mass is 378 g/mol. The smallest absolute Gasteiger partial charge is 0.273 e. The van der Waals surface area contributed by atoms with Crippen LogP contribution < -0.4 is 4.90 Å². The van der Waals surface area contributed by atoms with Gasteiger partial charge in [-0.2, -0.15) is 0 Å². The predicted molar refractivity (Wildman–Crippen MR) is 109 cm³/mol. The van der Waals surface area contributed by atoms with E-state index in [1.165, 1.54) is 28.2 Å². The summed E-state index contributed by atoms with van der Waals surface area (Å²) >= 11 is 1.46. The molecule has 5 nitrogen and oxygen atoms in total. The molecule has 0 bridgehead atoms. The van der Waals surface area contributed by atoms with Crippen LogP contribution in [0.25, 0.3) is 10.7 Å². The normalized spacial score (nSPS) is 14.4. The molecule has 0 aliphatic carbocycles. The van der Waals surface area contributed by atoms with Crippen molar-refractivity contribution in [3.8, 4) is 10.7 Å². The lowest BCUT2D eigenvalue weighted by atomic mass is 10.1. The standard InChI is InChI=1S/C21H22N4OS/c1-15-6-5-8-19(16(15)2)24-10-12-25(13-11-24)21(26)18-14-27-20(23-18)17-7-3-4-9-22-17/h3-9,14H,10-13H2,1-2H3. The molecule has 3 heterocycles. The lowest BCUT2D eigenvalue weighted by Gasteiger charge is -2.36. The first kappa shape index (κ1) is 17.7. The molecule has 1 aliphatic rings. The van der Waals surface area contributed by atoms with Crippen LogP contribution in [0, 0.1) is 13.8 Å². The summed E-state index contributed by atoms with van der Waals surface area (Å²) in [5.41, 5.74) is 5.21. The molecule has 2 aromatic heterocycles. The van der Waals surface area contributed by atoms with Crippen LogP contribution in [0.5, 0.6) is 0 Å². The third kappa shape index (κ3) is 3.57. The molecule has 6 heteroatoms. The van der Waals surface area contributed by atoms with Crippen molar-refractivity contribution in [1.29, 1.82) is 0 Å². The molecule has 1 aromatic carbocycles. The minimum atomic E-state index is 0.00838. The van der Waals surface area contributed by atoms with Crippen LogP contribution >= 0.6 is 11.3 Å². The van der Waals surface area contributed by atoms with Crippen molar-refractivity contribution in [2.24, 2.45) is 0 Å². The third-order valence-corrected chi connectivity index (χ3v) is 5.96. The Kier molecular flexibility index (Phi) is 4.90. The van der Waals surface area contributed by atoms with Gasteiger partial charge in [0.25, 0.3) is 5.91 Å². The fourth-order valence-corrected chi connectivity index (χ4v) is 4.14. The fourth-order valence-electron chi connectivity index (χ4n) is 3.37. The van der Waals surface area contributed by atoms with Gasteiger partial charge in [-0.25, -0.2) is 4.98 Å². The largest absolute Gasteiger partial charge is 0.368 e. The first-order valence-corrected chi connectivity index (χ1v) is 9.99. The average Bonchev–Trinajstić information content (AvgIpc) is 3.21. The van der Waals surface area contributed by atoms with Gasteiger partial charge in [0.2, 0.25) is 0 Å². The SMILES string of the molecule is Cc1cccc(N2CCN(C(=O)c3csc(-c4ccccn4)n3)CC2)c1C. The second kappa shape index (κ2) is 7.48. The number of hydrogen-bond donors (Lipinski definition) is 0. The number of carbonyl (C=O) groups excluding carboxylic acids is 1. The zero-order valence-corrected chi connectivity index (χ0v) is 16.4. The van der Waals surface area contributed by atoms with Crippen LogP contribution in [0.4, 0.5) is 5.69 Å². The Bertz CT molecular complexity index is 946. The maximum absolute atomic E-state index is 12.8. The maximum Gasteiger partial charge on any atom is 0.273 e. The van der Waals surface area contributed by atoms with Gasteiger partial charge in [0.15, 0.2) is 0 Å². The number of aryl methyl sites for hydroxylation is 1. The first-order valence-electron chi connectivity index (χ1n) is 9.11. The summed E-state index contributed by atoms with van der Waals surface area (Å²) in [5, 5.41) is 2.62. The lowest BCUT2D eigenvalue weighted by Crippen LogP contribution is -2.49. The van der Waals surface area contributed by atoms with E-state index < -0.39 is 0 Å². The van der Waals surface area contributed by atoms with Crippen LogP contribution in [0.1, 0.15) is 21.6 Å². The van der Waals surface area contributed by atoms with E-state index >= 15 is 0 Å². The van der Waals surface area contributed by atoms with Crippen molar-refractivity contribution in [3.05, 3.63) is 64.8 Å². The number of carbonyl (C=O) groups is 1. The molecule has 1 aliphatic heterocycles. The number of rotatable bonds is 3. The summed E-state index contributed by atoms with van der Waals surface area (Å²) in [6.45, 7) is 7.41. The van der Waals surface area contributed by atoms with Crippen LogP contribution in [0.3, 0.4) is 0 Å². The minimum absolute atomic E-state index is 0.00838. The minimum Gasteiger partial charge on any atom is -0.368 e. The average molecular weight is 379 g/mol. The molecule has 0 N–H and O–H groups in total. The zero-order valence-electron chi connectivity index (χ0n) is 15.6. The Balaban J connectivity index is 1.43. The van der Waals surface area contributed by atoms with Crippen LogP contribution in [-0.2, 0) is 0 Å². The highest BCUT2D eigenvalue weighted by Crippen LogP contribution is 2.25. The molecule has 0 spiro atoms.